The van der Waals surface area contributed by atoms with Crippen LogP contribution in [-0.2, 0) is 10.5 Å². The molecule has 0 atom stereocenters. The molecule has 182 valence electrons. The van der Waals surface area contributed by atoms with Gasteiger partial charge in [0.2, 0.25) is 0 Å². The smallest absolute Gasteiger partial charge is 0.410 e. The standard InChI is InChI=1S/C25H31FN4O3S/c1-16(27)23(34-15-18-9-7-6-8-10-18)17(2)29-22-11-21(20(26)12-28-22)32-19-13-30(14-19)24(31)33-25(3,4)5/h6-12,19H,13-15,27H2,1-5H3. The highest BCUT2D eigenvalue weighted by molar-refractivity contribution is 8.03. The second-order valence-corrected chi connectivity index (χ2v) is 10.1. The van der Waals surface area contributed by atoms with Gasteiger partial charge in [-0.1, -0.05) is 30.3 Å². The summed E-state index contributed by atoms with van der Waals surface area (Å²) in [7, 11) is 0. The largest absolute Gasteiger partial charge is 0.483 e. The Bertz CT molecular complexity index is 1070. The summed E-state index contributed by atoms with van der Waals surface area (Å²) in [6.45, 7) is 9.74. The van der Waals surface area contributed by atoms with Crippen molar-refractivity contribution in [3.8, 4) is 5.75 Å². The lowest BCUT2D eigenvalue weighted by Crippen LogP contribution is -2.57. The Labute approximate surface area is 204 Å². The lowest BCUT2D eigenvalue weighted by Gasteiger charge is -2.39. The summed E-state index contributed by atoms with van der Waals surface area (Å²) in [4.78, 5) is 23.1. The average Bonchev–Trinajstić information content (AvgIpc) is 2.71. The third kappa shape index (κ3) is 7.21. The van der Waals surface area contributed by atoms with Gasteiger partial charge in [-0.25, -0.2) is 19.2 Å². The van der Waals surface area contributed by atoms with E-state index in [0.717, 1.165) is 16.9 Å². The predicted molar refractivity (Wildman–Crippen MR) is 134 cm³/mol. The van der Waals surface area contributed by atoms with Crippen LogP contribution >= 0.6 is 11.8 Å². The summed E-state index contributed by atoms with van der Waals surface area (Å²) in [5.74, 6) is 0.522. The lowest BCUT2D eigenvalue weighted by molar-refractivity contribution is -0.0229. The van der Waals surface area contributed by atoms with Crippen LogP contribution in [0.4, 0.5) is 15.0 Å². The molecule has 0 bridgehead atoms. The van der Waals surface area contributed by atoms with Crippen LogP contribution in [0.3, 0.4) is 0 Å². The van der Waals surface area contributed by atoms with Crippen molar-refractivity contribution in [3.63, 3.8) is 0 Å². The minimum atomic E-state index is -0.587. The van der Waals surface area contributed by atoms with Crippen molar-refractivity contribution in [2.45, 2.75) is 52.1 Å². The molecule has 1 fully saturated rings. The van der Waals surface area contributed by atoms with Gasteiger partial charge in [0, 0.05) is 22.4 Å². The van der Waals surface area contributed by atoms with Gasteiger partial charge in [-0.2, -0.15) is 0 Å². The number of thioether (sulfide) groups is 1. The molecule has 1 aliphatic rings. The number of benzene rings is 1. The molecule has 34 heavy (non-hydrogen) atoms. The average molecular weight is 487 g/mol. The van der Waals surface area contributed by atoms with Crippen molar-refractivity contribution in [2.24, 2.45) is 10.7 Å². The van der Waals surface area contributed by atoms with E-state index in [1.807, 2.05) is 52.8 Å². The molecule has 1 amide bonds. The summed E-state index contributed by atoms with van der Waals surface area (Å²) in [5, 5.41) is 0. The zero-order valence-electron chi connectivity index (χ0n) is 20.2. The third-order valence-electron chi connectivity index (χ3n) is 4.79. The number of nitrogens with zero attached hydrogens (tertiary/aromatic N) is 3. The molecule has 0 saturated carbocycles. The summed E-state index contributed by atoms with van der Waals surface area (Å²) < 4.78 is 25.4. The number of halogens is 1. The number of allylic oxidation sites excluding steroid dienone is 2. The van der Waals surface area contributed by atoms with E-state index < -0.39 is 17.5 Å². The molecule has 0 aliphatic carbocycles. The molecule has 2 aromatic rings. The number of aliphatic imine (C=N–C) groups is 1. The number of carbonyl (C=O) groups excluding carboxylic acids is 1. The number of aromatic nitrogens is 1. The van der Waals surface area contributed by atoms with E-state index in [1.165, 1.54) is 16.5 Å². The Balaban J connectivity index is 1.64. The fraction of sp³-hybridized carbons (Fsp3) is 0.400. The highest BCUT2D eigenvalue weighted by Gasteiger charge is 2.35. The highest BCUT2D eigenvalue weighted by Crippen LogP contribution is 2.29. The molecule has 7 nitrogen and oxygen atoms in total. The monoisotopic (exact) mass is 486 g/mol. The lowest BCUT2D eigenvalue weighted by atomic mass is 10.1. The second kappa shape index (κ2) is 10.9. The SMILES string of the molecule is CC(=Nc1cc(OC2CN(C(=O)OC(C)(C)C)C2)c(F)cn1)C(SCc1ccccc1)=C(C)N. The zero-order chi connectivity index (χ0) is 24.9. The Morgan fingerprint density at radius 2 is 1.94 bits per heavy atom. The quantitative estimate of drug-likeness (QED) is 0.525. The molecule has 0 radical (unpaired) electrons. The second-order valence-electron chi connectivity index (χ2n) is 9.08. The fourth-order valence-corrected chi connectivity index (χ4v) is 4.17. The topological polar surface area (TPSA) is 90.0 Å². The van der Waals surface area contributed by atoms with Crippen LogP contribution in [0.15, 0.2) is 58.2 Å². The molecule has 1 aromatic carbocycles. The number of hydrogen-bond acceptors (Lipinski definition) is 7. The first kappa shape index (κ1) is 25.6. The number of amides is 1. The number of ether oxygens (including phenoxy) is 2. The molecule has 1 saturated heterocycles. The molecule has 1 aliphatic heterocycles. The summed E-state index contributed by atoms with van der Waals surface area (Å²) >= 11 is 1.59. The van der Waals surface area contributed by atoms with Gasteiger partial charge in [-0.05, 0) is 40.2 Å². The maximum Gasteiger partial charge on any atom is 0.410 e. The molecular weight excluding hydrogens is 455 g/mol. The van der Waals surface area contributed by atoms with E-state index in [2.05, 4.69) is 22.1 Å². The van der Waals surface area contributed by atoms with Crippen molar-refractivity contribution < 1.29 is 18.7 Å². The number of pyridine rings is 1. The minimum Gasteiger partial charge on any atom is -0.483 e. The number of nitrogens with two attached hydrogens (primary N) is 1. The Morgan fingerprint density at radius 1 is 1.26 bits per heavy atom. The van der Waals surface area contributed by atoms with Crippen LogP contribution < -0.4 is 10.5 Å². The molecule has 0 spiro atoms. The first-order valence-electron chi connectivity index (χ1n) is 11.0. The van der Waals surface area contributed by atoms with Gasteiger partial charge < -0.3 is 20.1 Å². The number of rotatable bonds is 7. The van der Waals surface area contributed by atoms with Gasteiger partial charge in [-0.15, -0.1) is 11.8 Å². The summed E-state index contributed by atoms with van der Waals surface area (Å²) in [5.41, 5.74) is 8.05. The van der Waals surface area contributed by atoms with Crippen LogP contribution in [0.1, 0.15) is 40.2 Å². The van der Waals surface area contributed by atoms with Crippen LogP contribution in [-0.4, -0.2) is 46.5 Å². The minimum absolute atomic E-state index is 0.0438. The number of hydrogen-bond donors (Lipinski definition) is 1. The molecular formula is C25H31FN4O3S. The first-order valence-corrected chi connectivity index (χ1v) is 12.0. The summed E-state index contributed by atoms with van der Waals surface area (Å²) in [6, 6.07) is 11.5. The number of likely N-dealkylation sites (tertiary alicyclic amines) is 1. The van der Waals surface area contributed by atoms with Crippen molar-refractivity contribution in [1.82, 2.24) is 9.88 Å². The normalized spacial score (nSPS) is 15.5. The third-order valence-corrected chi connectivity index (χ3v) is 6.18. The fourth-order valence-electron chi connectivity index (χ4n) is 3.19. The van der Waals surface area contributed by atoms with Gasteiger partial charge in [0.05, 0.1) is 25.0 Å². The van der Waals surface area contributed by atoms with E-state index in [9.17, 15) is 9.18 Å². The van der Waals surface area contributed by atoms with E-state index in [4.69, 9.17) is 15.2 Å². The van der Waals surface area contributed by atoms with Crippen LogP contribution in [0.2, 0.25) is 0 Å². The Hall–Kier alpha value is -3.07. The predicted octanol–water partition coefficient (Wildman–Crippen LogP) is 5.43. The molecule has 9 heteroatoms. The van der Waals surface area contributed by atoms with Gasteiger partial charge in [0.1, 0.15) is 11.7 Å². The van der Waals surface area contributed by atoms with E-state index in [-0.39, 0.29) is 11.9 Å². The molecule has 0 unspecified atom stereocenters. The van der Waals surface area contributed by atoms with Crippen LogP contribution in [0, 0.1) is 5.82 Å². The van der Waals surface area contributed by atoms with E-state index >= 15 is 0 Å². The highest BCUT2D eigenvalue weighted by atomic mass is 32.2. The van der Waals surface area contributed by atoms with Crippen LogP contribution in [0.5, 0.6) is 5.75 Å². The van der Waals surface area contributed by atoms with Crippen molar-refractivity contribution >= 4 is 29.4 Å². The van der Waals surface area contributed by atoms with E-state index in [1.54, 1.807) is 11.8 Å². The van der Waals surface area contributed by atoms with Crippen molar-refractivity contribution in [2.75, 3.05) is 13.1 Å². The van der Waals surface area contributed by atoms with Gasteiger partial charge >= 0.3 is 6.09 Å². The summed E-state index contributed by atoms with van der Waals surface area (Å²) in [6.07, 6.45) is 0.347. The van der Waals surface area contributed by atoms with Crippen molar-refractivity contribution in [3.05, 3.63) is 64.6 Å². The molecule has 3 rings (SSSR count). The van der Waals surface area contributed by atoms with Gasteiger partial charge in [0.25, 0.3) is 0 Å². The van der Waals surface area contributed by atoms with Crippen molar-refractivity contribution in [1.29, 1.82) is 0 Å². The molecule has 2 N–H and O–H groups in total. The van der Waals surface area contributed by atoms with Gasteiger partial charge in [-0.3, -0.25) is 0 Å². The zero-order valence-corrected chi connectivity index (χ0v) is 21.0. The maximum absolute atomic E-state index is 14.3. The molecule has 2 heterocycles. The van der Waals surface area contributed by atoms with Gasteiger partial charge in [0.15, 0.2) is 17.4 Å². The number of carbonyl (C=O) groups is 1. The Kier molecular flexibility index (Phi) is 8.19. The Morgan fingerprint density at radius 3 is 2.56 bits per heavy atom. The molecule has 1 aromatic heterocycles. The maximum atomic E-state index is 14.3. The van der Waals surface area contributed by atoms with E-state index in [0.29, 0.717) is 30.3 Å². The van der Waals surface area contributed by atoms with Crippen LogP contribution in [0.25, 0.3) is 0 Å². The first-order chi connectivity index (χ1) is 16.0.